The molecule has 0 spiro atoms. The molecule has 0 saturated heterocycles. The second kappa shape index (κ2) is 9.69. The van der Waals surface area contributed by atoms with Crippen molar-refractivity contribution in [3.63, 3.8) is 0 Å². The SMILES string of the molecule is COc1cc(COC(=O)NC(Cc2c[nH]c3ccccc23)C(=O)O)c([N+](=O)[O-])cc1OC. The summed E-state index contributed by atoms with van der Waals surface area (Å²) in [5.41, 5.74) is 1.29. The number of methoxy groups -OCH3 is 2. The first kappa shape index (κ1) is 22.4. The number of rotatable bonds is 9. The number of aromatic nitrogens is 1. The Morgan fingerprint density at radius 1 is 1.16 bits per heavy atom. The molecule has 1 aromatic heterocycles. The van der Waals surface area contributed by atoms with Crippen LogP contribution in [0.3, 0.4) is 0 Å². The fourth-order valence-corrected chi connectivity index (χ4v) is 3.24. The molecule has 168 valence electrons. The van der Waals surface area contributed by atoms with E-state index in [1.165, 1.54) is 20.3 Å². The molecule has 2 aromatic carbocycles. The number of aromatic amines is 1. The number of nitro groups is 1. The zero-order valence-electron chi connectivity index (χ0n) is 17.3. The predicted octanol–water partition coefficient (Wildman–Crippen LogP) is 3.02. The van der Waals surface area contributed by atoms with Crippen LogP contribution in [0.1, 0.15) is 11.1 Å². The van der Waals surface area contributed by atoms with E-state index in [2.05, 4.69) is 10.3 Å². The van der Waals surface area contributed by atoms with Gasteiger partial charge in [0.05, 0.1) is 30.8 Å². The van der Waals surface area contributed by atoms with Crippen LogP contribution in [0.15, 0.2) is 42.6 Å². The van der Waals surface area contributed by atoms with Gasteiger partial charge in [0.15, 0.2) is 11.5 Å². The lowest BCUT2D eigenvalue weighted by Crippen LogP contribution is -2.42. The summed E-state index contributed by atoms with van der Waals surface area (Å²) >= 11 is 0. The summed E-state index contributed by atoms with van der Waals surface area (Å²) in [7, 11) is 2.70. The molecule has 1 atom stereocenters. The van der Waals surface area contributed by atoms with Crippen molar-refractivity contribution in [1.82, 2.24) is 10.3 Å². The lowest BCUT2D eigenvalue weighted by Gasteiger charge is -2.15. The van der Waals surface area contributed by atoms with Crippen LogP contribution in [0.5, 0.6) is 11.5 Å². The third-order valence-corrected chi connectivity index (χ3v) is 4.83. The van der Waals surface area contributed by atoms with Gasteiger partial charge in [-0.05, 0) is 17.7 Å². The van der Waals surface area contributed by atoms with Crippen molar-refractivity contribution in [2.75, 3.05) is 14.2 Å². The fourth-order valence-electron chi connectivity index (χ4n) is 3.24. The van der Waals surface area contributed by atoms with Crippen LogP contribution in [0, 0.1) is 10.1 Å². The molecule has 1 heterocycles. The summed E-state index contributed by atoms with van der Waals surface area (Å²) in [5.74, 6) is -0.874. The Hall–Kier alpha value is -4.28. The maximum absolute atomic E-state index is 12.3. The number of carboxylic acids is 1. The lowest BCUT2D eigenvalue weighted by atomic mass is 10.1. The van der Waals surface area contributed by atoms with Crippen LogP contribution >= 0.6 is 0 Å². The molecule has 0 bridgehead atoms. The van der Waals surface area contributed by atoms with Crippen molar-refractivity contribution in [1.29, 1.82) is 0 Å². The zero-order valence-corrected chi connectivity index (χ0v) is 17.3. The minimum atomic E-state index is -1.26. The van der Waals surface area contributed by atoms with E-state index >= 15 is 0 Å². The zero-order chi connectivity index (χ0) is 23.3. The predicted molar refractivity (Wildman–Crippen MR) is 113 cm³/mol. The highest BCUT2D eigenvalue weighted by Gasteiger charge is 2.24. The van der Waals surface area contributed by atoms with Crippen LogP contribution in [-0.4, -0.2) is 47.3 Å². The maximum Gasteiger partial charge on any atom is 0.408 e. The molecule has 1 unspecified atom stereocenters. The molecular formula is C21H21N3O8. The molecule has 0 aliphatic carbocycles. The van der Waals surface area contributed by atoms with Gasteiger partial charge < -0.3 is 29.6 Å². The minimum absolute atomic E-state index is 0.0188. The summed E-state index contributed by atoms with van der Waals surface area (Å²) in [4.78, 5) is 37.7. The van der Waals surface area contributed by atoms with Crippen LogP contribution in [-0.2, 0) is 22.6 Å². The van der Waals surface area contributed by atoms with Crippen molar-refractivity contribution >= 4 is 28.7 Å². The number of hydrogen-bond donors (Lipinski definition) is 3. The molecular weight excluding hydrogens is 422 g/mol. The van der Waals surface area contributed by atoms with E-state index in [4.69, 9.17) is 14.2 Å². The smallest absolute Gasteiger partial charge is 0.408 e. The molecule has 0 fully saturated rings. The number of para-hydroxylation sites is 1. The van der Waals surface area contributed by atoms with Crippen LogP contribution < -0.4 is 14.8 Å². The largest absolute Gasteiger partial charge is 0.493 e. The Kier molecular flexibility index (Phi) is 6.78. The second-order valence-electron chi connectivity index (χ2n) is 6.77. The van der Waals surface area contributed by atoms with Crippen molar-refractivity contribution in [2.45, 2.75) is 19.1 Å². The summed E-state index contributed by atoms with van der Waals surface area (Å²) in [6.07, 6.45) is 0.673. The summed E-state index contributed by atoms with van der Waals surface area (Å²) in [6.45, 7) is -0.470. The Morgan fingerprint density at radius 3 is 2.50 bits per heavy atom. The highest BCUT2D eigenvalue weighted by atomic mass is 16.6. The number of H-pyrrole nitrogens is 1. The van der Waals surface area contributed by atoms with E-state index in [1.54, 1.807) is 6.20 Å². The number of alkyl carbamates (subject to hydrolysis) is 1. The Morgan fingerprint density at radius 2 is 1.84 bits per heavy atom. The van der Waals surface area contributed by atoms with E-state index in [-0.39, 0.29) is 29.2 Å². The number of carboxylic acid groups (broad SMARTS) is 1. The Labute approximate surface area is 182 Å². The summed E-state index contributed by atoms with van der Waals surface area (Å²) in [5, 5.41) is 24.0. The van der Waals surface area contributed by atoms with Crippen molar-refractivity contribution in [3.8, 4) is 11.5 Å². The average Bonchev–Trinajstić information content (AvgIpc) is 3.19. The number of nitrogens with zero attached hydrogens (tertiary/aromatic N) is 1. The number of fused-ring (bicyclic) bond motifs is 1. The van der Waals surface area contributed by atoms with Crippen LogP contribution in [0.2, 0.25) is 0 Å². The van der Waals surface area contributed by atoms with Gasteiger partial charge in [-0.2, -0.15) is 0 Å². The third-order valence-electron chi connectivity index (χ3n) is 4.83. The van der Waals surface area contributed by atoms with Gasteiger partial charge in [0.2, 0.25) is 0 Å². The van der Waals surface area contributed by atoms with Crippen molar-refractivity contribution < 1.29 is 33.8 Å². The van der Waals surface area contributed by atoms with Crippen LogP contribution in [0.25, 0.3) is 10.9 Å². The monoisotopic (exact) mass is 443 g/mol. The number of ether oxygens (including phenoxy) is 3. The average molecular weight is 443 g/mol. The lowest BCUT2D eigenvalue weighted by molar-refractivity contribution is -0.385. The van der Waals surface area contributed by atoms with Gasteiger partial charge in [-0.1, -0.05) is 18.2 Å². The standard InChI is InChI=1S/C21H21N3O8/c1-30-18-8-13(17(24(28)29)9-19(18)31-2)11-32-21(27)23-16(20(25)26)7-12-10-22-15-6-4-3-5-14(12)15/h3-6,8-10,16,22H,7,11H2,1-2H3,(H,23,27)(H,25,26). The van der Waals surface area contributed by atoms with Crippen LogP contribution in [0.4, 0.5) is 10.5 Å². The molecule has 0 saturated carbocycles. The Balaban J connectivity index is 1.71. The molecule has 3 rings (SSSR count). The maximum atomic E-state index is 12.3. The molecule has 3 N–H and O–H groups in total. The van der Waals surface area contributed by atoms with Gasteiger partial charge in [0, 0.05) is 23.5 Å². The number of benzene rings is 2. The second-order valence-corrected chi connectivity index (χ2v) is 6.77. The molecule has 1 amide bonds. The first-order valence-corrected chi connectivity index (χ1v) is 9.44. The van der Waals surface area contributed by atoms with E-state index in [0.29, 0.717) is 5.56 Å². The molecule has 0 aliphatic rings. The first-order valence-electron chi connectivity index (χ1n) is 9.44. The minimum Gasteiger partial charge on any atom is -0.493 e. The normalized spacial score (nSPS) is 11.6. The van der Waals surface area contributed by atoms with Gasteiger partial charge in [-0.15, -0.1) is 0 Å². The fraction of sp³-hybridized carbons (Fsp3) is 0.238. The van der Waals surface area contributed by atoms with E-state index in [1.807, 2.05) is 24.3 Å². The Bertz CT molecular complexity index is 1160. The molecule has 3 aromatic rings. The van der Waals surface area contributed by atoms with Gasteiger partial charge in [0.25, 0.3) is 5.69 Å². The molecule has 0 radical (unpaired) electrons. The first-order chi connectivity index (χ1) is 15.3. The quantitative estimate of drug-likeness (QED) is 0.337. The number of nitrogens with one attached hydrogen (secondary N) is 2. The van der Waals surface area contributed by atoms with Crippen molar-refractivity contribution in [2.24, 2.45) is 0 Å². The molecule has 11 nitrogen and oxygen atoms in total. The number of amides is 1. The van der Waals surface area contributed by atoms with E-state index in [9.17, 15) is 24.8 Å². The van der Waals surface area contributed by atoms with E-state index < -0.39 is 29.6 Å². The topological polar surface area (TPSA) is 153 Å². The number of aliphatic carboxylic acids is 1. The highest BCUT2D eigenvalue weighted by Crippen LogP contribution is 2.34. The molecule has 0 aliphatic heterocycles. The summed E-state index contributed by atoms with van der Waals surface area (Å²) < 4.78 is 15.2. The highest BCUT2D eigenvalue weighted by molar-refractivity contribution is 5.85. The number of hydrogen-bond acceptors (Lipinski definition) is 7. The third kappa shape index (κ3) is 4.89. The van der Waals surface area contributed by atoms with Gasteiger partial charge in [0.1, 0.15) is 12.6 Å². The number of carbonyl (C=O) groups excluding carboxylic acids is 1. The molecule has 11 heteroatoms. The molecule has 32 heavy (non-hydrogen) atoms. The van der Waals surface area contributed by atoms with Gasteiger partial charge >= 0.3 is 12.1 Å². The summed E-state index contributed by atoms with van der Waals surface area (Å²) in [6, 6.07) is 8.59. The van der Waals surface area contributed by atoms with Gasteiger partial charge in [-0.3, -0.25) is 10.1 Å². The number of carbonyl (C=O) groups is 2. The van der Waals surface area contributed by atoms with Crippen molar-refractivity contribution in [3.05, 3.63) is 63.8 Å². The van der Waals surface area contributed by atoms with Gasteiger partial charge in [-0.25, -0.2) is 9.59 Å². The van der Waals surface area contributed by atoms with E-state index in [0.717, 1.165) is 17.0 Å². The number of nitro benzene ring substituents is 1.